The number of halogens is 2. The number of rotatable bonds is 9. The highest BCUT2D eigenvalue weighted by Gasteiger charge is 2.20. The Morgan fingerprint density at radius 2 is 2.10 bits per heavy atom. The minimum Gasteiger partial charge on any atom is -0.481 e. The first kappa shape index (κ1) is 22.1. The van der Waals surface area contributed by atoms with Gasteiger partial charge in [-0.2, -0.15) is 0 Å². The minimum atomic E-state index is -0.408. The summed E-state index contributed by atoms with van der Waals surface area (Å²) in [6.45, 7) is 6.12. The van der Waals surface area contributed by atoms with E-state index in [2.05, 4.69) is 27.1 Å². The summed E-state index contributed by atoms with van der Waals surface area (Å²) in [6, 6.07) is 10.6. The van der Waals surface area contributed by atoms with E-state index in [4.69, 9.17) is 27.9 Å². The van der Waals surface area contributed by atoms with Crippen LogP contribution in [0.15, 0.2) is 60.4 Å². The predicted molar refractivity (Wildman–Crippen MR) is 119 cm³/mol. The van der Waals surface area contributed by atoms with Crippen molar-refractivity contribution in [2.45, 2.75) is 24.7 Å². The van der Waals surface area contributed by atoms with E-state index < -0.39 is 6.10 Å². The summed E-state index contributed by atoms with van der Waals surface area (Å²) in [5.74, 6) is 1.06. The molecule has 0 saturated heterocycles. The average molecular weight is 464 g/mol. The number of pyridine rings is 1. The molecule has 0 bridgehead atoms. The Kier molecular flexibility index (Phi) is 7.73. The lowest BCUT2D eigenvalue weighted by Gasteiger charge is -2.16. The van der Waals surface area contributed by atoms with Crippen LogP contribution in [0.4, 0.5) is 5.69 Å². The van der Waals surface area contributed by atoms with Crippen LogP contribution in [0.2, 0.25) is 10.2 Å². The summed E-state index contributed by atoms with van der Waals surface area (Å²) in [4.78, 5) is 16.2. The summed E-state index contributed by atoms with van der Waals surface area (Å²) in [6.07, 6.45) is 2.88. The molecule has 156 valence electrons. The van der Waals surface area contributed by atoms with Gasteiger partial charge in [0, 0.05) is 12.7 Å². The molecule has 1 amide bonds. The van der Waals surface area contributed by atoms with Crippen molar-refractivity contribution in [3.63, 3.8) is 0 Å². The summed E-state index contributed by atoms with van der Waals surface area (Å²) in [7, 11) is 0. The number of nitrogens with zero attached hydrogens (tertiary/aromatic N) is 4. The number of ether oxygens (including phenoxy) is 1. The predicted octanol–water partition coefficient (Wildman–Crippen LogP) is 5.04. The lowest BCUT2D eigenvalue weighted by atomic mass is 10.3. The molecule has 1 N–H and O–H groups in total. The summed E-state index contributed by atoms with van der Waals surface area (Å²) >= 11 is 13.4. The van der Waals surface area contributed by atoms with Crippen molar-refractivity contribution in [2.75, 3.05) is 11.1 Å². The maximum Gasteiger partial charge on any atom is 0.234 e. The smallest absolute Gasteiger partial charge is 0.234 e. The van der Waals surface area contributed by atoms with Gasteiger partial charge in [-0.15, -0.1) is 16.8 Å². The van der Waals surface area contributed by atoms with E-state index in [0.29, 0.717) is 34.0 Å². The van der Waals surface area contributed by atoms with E-state index in [9.17, 15) is 4.79 Å². The number of benzene rings is 1. The molecule has 0 aliphatic rings. The Morgan fingerprint density at radius 1 is 1.30 bits per heavy atom. The van der Waals surface area contributed by atoms with Crippen LogP contribution in [-0.4, -0.2) is 31.4 Å². The fraction of sp³-hybridized carbons (Fsp3) is 0.200. The summed E-state index contributed by atoms with van der Waals surface area (Å²) in [5.41, 5.74) is 0.458. The second kappa shape index (κ2) is 10.5. The second-order valence-electron chi connectivity index (χ2n) is 6.11. The number of amides is 1. The Morgan fingerprint density at radius 3 is 2.83 bits per heavy atom. The number of aromatic nitrogens is 4. The van der Waals surface area contributed by atoms with Gasteiger partial charge in [0.1, 0.15) is 5.75 Å². The van der Waals surface area contributed by atoms with Gasteiger partial charge in [0.15, 0.2) is 22.2 Å². The maximum atomic E-state index is 12.3. The number of carbonyl (C=O) groups excluding carboxylic acids is 1. The molecule has 0 fully saturated rings. The number of hydrogen-bond acceptors (Lipinski definition) is 6. The van der Waals surface area contributed by atoms with Crippen LogP contribution in [0.5, 0.6) is 5.75 Å². The molecular weight excluding hydrogens is 445 g/mol. The normalized spacial score (nSPS) is 11.7. The van der Waals surface area contributed by atoms with E-state index in [0.717, 1.165) is 0 Å². The SMILES string of the molecule is C=CCn1c(SCC(=O)Nc2cccnc2Cl)nnc1C(C)Oc1ccccc1Cl. The molecule has 2 aromatic heterocycles. The molecular formula is C20H19Cl2N5O2S. The van der Waals surface area contributed by atoms with Crippen molar-refractivity contribution >= 4 is 46.6 Å². The first-order valence-electron chi connectivity index (χ1n) is 8.98. The molecule has 1 unspecified atom stereocenters. The zero-order chi connectivity index (χ0) is 21.5. The third-order valence-electron chi connectivity index (χ3n) is 3.93. The van der Waals surface area contributed by atoms with E-state index in [1.165, 1.54) is 11.8 Å². The zero-order valence-electron chi connectivity index (χ0n) is 16.1. The van der Waals surface area contributed by atoms with Crippen molar-refractivity contribution in [1.29, 1.82) is 0 Å². The number of anilines is 1. The highest BCUT2D eigenvalue weighted by atomic mass is 35.5. The van der Waals surface area contributed by atoms with E-state index >= 15 is 0 Å². The number of para-hydroxylation sites is 1. The lowest BCUT2D eigenvalue weighted by Crippen LogP contribution is -2.16. The number of hydrogen-bond donors (Lipinski definition) is 1. The zero-order valence-corrected chi connectivity index (χ0v) is 18.4. The molecule has 0 aliphatic heterocycles. The Balaban J connectivity index is 1.69. The van der Waals surface area contributed by atoms with Gasteiger partial charge in [0.05, 0.1) is 16.5 Å². The van der Waals surface area contributed by atoms with Crippen LogP contribution in [0.25, 0.3) is 0 Å². The molecule has 3 aromatic rings. The number of nitrogens with one attached hydrogen (secondary N) is 1. The Labute approximate surface area is 188 Å². The molecule has 0 radical (unpaired) electrons. The van der Waals surface area contributed by atoms with Gasteiger partial charge >= 0.3 is 0 Å². The van der Waals surface area contributed by atoms with Crippen molar-refractivity contribution < 1.29 is 9.53 Å². The fourth-order valence-electron chi connectivity index (χ4n) is 2.59. The fourth-order valence-corrected chi connectivity index (χ4v) is 3.69. The van der Waals surface area contributed by atoms with Gasteiger partial charge < -0.3 is 10.1 Å². The van der Waals surface area contributed by atoms with Crippen LogP contribution < -0.4 is 10.1 Å². The van der Waals surface area contributed by atoms with Crippen molar-refractivity contribution in [3.05, 3.63) is 71.3 Å². The minimum absolute atomic E-state index is 0.125. The van der Waals surface area contributed by atoms with Crippen molar-refractivity contribution in [2.24, 2.45) is 0 Å². The van der Waals surface area contributed by atoms with Crippen LogP contribution in [0.3, 0.4) is 0 Å². The largest absolute Gasteiger partial charge is 0.481 e. The summed E-state index contributed by atoms with van der Waals surface area (Å²) in [5, 5.41) is 12.5. The van der Waals surface area contributed by atoms with Crippen molar-refractivity contribution in [3.8, 4) is 5.75 Å². The average Bonchev–Trinajstić information content (AvgIpc) is 3.13. The van der Waals surface area contributed by atoms with Crippen LogP contribution in [-0.2, 0) is 11.3 Å². The number of thioether (sulfide) groups is 1. The molecule has 10 heteroatoms. The van der Waals surface area contributed by atoms with Gasteiger partial charge in [-0.3, -0.25) is 9.36 Å². The molecule has 0 spiro atoms. The second-order valence-corrected chi connectivity index (χ2v) is 7.82. The standard InChI is InChI=1S/C20H19Cl2N5O2S/c1-3-11-27-19(13(2)29-16-9-5-4-7-14(16)21)25-26-20(27)30-12-17(28)24-15-8-6-10-23-18(15)22/h3-10,13H,1,11-12H2,2H3,(H,24,28). The molecule has 1 atom stereocenters. The number of carbonyl (C=O) groups is 1. The van der Waals surface area contributed by atoms with Crippen LogP contribution in [0.1, 0.15) is 18.9 Å². The number of allylic oxidation sites excluding steroid dienone is 1. The third-order valence-corrected chi connectivity index (χ3v) is 5.51. The lowest BCUT2D eigenvalue weighted by molar-refractivity contribution is -0.113. The van der Waals surface area contributed by atoms with Gasteiger partial charge in [-0.05, 0) is 31.2 Å². The Hall–Kier alpha value is -2.55. The van der Waals surface area contributed by atoms with Crippen LogP contribution >= 0.6 is 35.0 Å². The van der Waals surface area contributed by atoms with E-state index in [-0.39, 0.29) is 16.8 Å². The van der Waals surface area contributed by atoms with E-state index in [1.54, 1.807) is 36.5 Å². The molecule has 2 heterocycles. The molecule has 1 aromatic carbocycles. The van der Waals surface area contributed by atoms with Crippen LogP contribution in [0, 0.1) is 0 Å². The third kappa shape index (κ3) is 5.53. The van der Waals surface area contributed by atoms with Gasteiger partial charge in [0.2, 0.25) is 5.91 Å². The Bertz CT molecular complexity index is 1040. The van der Waals surface area contributed by atoms with Gasteiger partial charge in [-0.1, -0.05) is 53.2 Å². The first-order chi connectivity index (χ1) is 14.5. The maximum absolute atomic E-state index is 12.3. The molecule has 3 rings (SSSR count). The highest BCUT2D eigenvalue weighted by Crippen LogP contribution is 2.29. The van der Waals surface area contributed by atoms with E-state index in [1.807, 2.05) is 23.6 Å². The van der Waals surface area contributed by atoms with Gasteiger partial charge in [0.25, 0.3) is 0 Å². The highest BCUT2D eigenvalue weighted by molar-refractivity contribution is 7.99. The first-order valence-corrected chi connectivity index (χ1v) is 10.7. The molecule has 0 aliphatic carbocycles. The van der Waals surface area contributed by atoms with Crippen molar-refractivity contribution in [1.82, 2.24) is 19.7 Å². The quantitative estimate of drug-likeness (QED) is 0.272. The molecule has 30 heavy (non-hydrogen) atoms. The topological polar surface area (TPSA) is 81.9 Å². The molecule has 0 saturated carbocycles. The molecule has 7 nitrogen and oxygen atoms in total. The van der Waals surface area contributed by atoms with Gasteiger partial charge in [-0.25, -0.2) is 4.98 Å². The summed E-state index contributed by atoms with van der Waals surface area (Å²) < 4.78 is 7.80. The monoisotopic (exact) mass is 463 g/mol.